The van der Waals surface area contributed by atoms with Crippen molar-refractivity contribution in [2.75, 3.05) is 0 Å². The fourth-order valence-electron chi connectivity index (χ4n) is 6.71. The van der Waals surface area contributed by atoms with Crippen molar-refractivity contribution in [2.24, 2.45) is 10.4 Å². The van der Waals surface area contributed by atoms with Crippen molar-refractivity contribution in [3.8, 4) is 0 Å². The lowest BCUT2D eigenvalue weighted by Crippen LogP contribution is -2.21. The molecule has 0 saturated carbocycles. The summed E-state index contributed by atoms with van der Waals surface area (Å²) in [6.07, 6.45) is 6.89. The zero-order valence-corrected chi connectivity index (χ0v) is 25.6. The SMILES string of the molecule is Cc1ccc(C2=C3NC(=CC3=O)C(c3c(C)cc(C)cc3C)=c3ccc([nH]3)=CC3=NC(=Cc4ccc2[nH]4)C(C)(C)C3)cc1. The molecule has 7 rings (SSSR count). The third-order valence-electron chi connectivity index (χ3n) is 8.72. The van der Waals surface area contributed by atoms with Gasteiger partial charge >= 0.3 is 0 Å². The van der Waals surface area contributed by atoms with E-state index in [2.05, 4.69) is 130 Å². The Morgan fingerprint density at radius 1 is 0.767 bits per heavy atom. The second kappa shape index (κ2) is 9.84. The van der Waals surface area contributed by atoms with Gasteiger partial charge in [-0.2, -0.15) is 0 Å². The Balaban J connectivity index is 1.55. The van der Waals surface area contributed by atoms with E-state index in [1.807, 2.05) is 0 Å². The van der Waals surface area contributed by atoms with Gasteiger partial charge in [0.25, 0.3) is 0 Å². The Hall–Kier alpha value is -4.90. The van der Waals surface area contributed by atoms with Gasteiger partial charge in [0.2, 0.25) is 5.78 Å². The molecule has 0 aliphatic carbocycles. The van der Waals surface area contributed by atoms with Crippen LogP contribution in [0.15, 0.2) is 88.8 Å². The zero-order chi connectivity index (χ0) is 30.0. The molecule has 0 spiro atoms. The number of fused-ring (bicyclic) bond motifs is 7. The number of carbonyl (C=O) groups is 1. The minimum atomic E-state index is -0.104. The number of hydrogen-bond donors (Lipinski definition) is 3. The van der Waals surface area contributed by atoms with Crippen LogP contribution in [-0.4, -0.2) is 21.5 Å². The molecule has 5 heteroatoms. The summed E-state index contributed by atoms with van der Waals surface area (Å²) < 4.78 is 0. The van der Waals surface area contributed by atoms with E-state index in [9.17, 15) is 4.79 Å². The average molecular weight is 565 g/mol. The van der Waals surface area contributed by atoms with Gasteiger partial charge in [-0.15, -0.1) is 0 Å². The first-order valence-electron chi connectivity index (χ1n) is 14.9. The number of hydrogen-bond acceptors (Lipinski definition) is 3. The number of nitrogens with zero attached hydrogens (tertiary/aromatic N) is 1. The highest BCUT2D eigenvalue weighted by molar-refractivity contribution is 6.16. The minimum Gasteiger partial charge on any atom is -0.355 e. The van der Waals surface area contributed by atoms with Crippen LogP contribution in [0.4, 0.5) is 0 Å². The number of ketones is 1. The number of allylic oxidation sites excluding steroid dienone is 3. The predicted molar refractivity (Wildman–Crippen MR) is 176 cm³/mol. The van der Waals surface area contributed by atoms with Crippen molar-refractivity contribution >= 4 is 34.8 Å². The molecular formula is C38H36N4O. The molecule has 2 aromatic carbocycles. The maximum absolute atomic E-state index is 14.0. The molecule has 4 aromatic rings. The van der Waals surface area contributed by atoms with E-state index in [-0.39, 0.29) is 11.2 Å². The van der Waals surface area contributed by atoms with Crippen LogP contribution in [0.3, 0.4) is 0 Å². The molecule has 0 radical (unpaired) electrons. The fourth-order valence-corrected chi connectivity index (χ4v) is 6.71. The van der Waals surface area contributed by atoms with Crippen molar-refractivity contribution in [3.63, 3.8) is 0 Å². The zero-order valence-electron chi connectivity index (χ0n) is 25.6. The second-order valence-electron chi connectivity index (χ2n) is 12.8. The van der Waals surface area contributed by atoms with Gasteiger partial charge in [-0.1, -0.05) is 61.4 Å². The van der Waals surface area contributed by atoms with Crippen molar-refractivity contribution in [1.29, 1.82) is 0 Å². The third-order valence-corrected chi connectivity index (χ3v) is 8.72. The molecule has 214 valence electrons. The molecule has 3 aliphatic heterocycles. The first-order valence-corrected chi connectivity index (χ1v) is 14.9. The summed E-state index contributed by atoms with van der Waals surface area (Å²) in [4.78, 5) is 26.3. The first kappa shape index (κ1) is 27.0. The van der Waals surface area contributed by atoms with Crippen LogP contribution in [0, 0.1) is 33.1 Å². The maximum Gasteiger partial charge on any atom is 0.204 e. The molecule has 43 heavy (non-hydrogen) atoms. The highest BCUT2D eigenvalue weighted by Crippen LogP contribution is 2.39. The molecule has 0 unspecified atom stereocenters. The summed E-state index contributed by atoms with van der Waals surface area (Å²) in [6.45, 7) is 13.0. The predicted octanol–water partition coefficient (Wildman–Crippen LogP) is 6.30. The standard InChI is InChI=1S/C38H36N4O/c1-21-7-9-25(10-8-21)35-29-13-12-27(40-29)18-33-38(5,6)20-28(41-33)17-26-11-14-30(39-26)36(31-19-32(43)37(35)42-31)34-23(3)15-22(2)16-24(34)4/h7-19,39-40,42H,20H2,1-6H3. The number of rotatable bonds is 2. The van der Waals surface area contributed by atoms with E-state index in [0.29, 0.717) is 5.70 Å². The van der Waals surface area contributed by atoms with Crippen LogP contribution < -0.4 is 16.0 Å². The fraction of sp³-hybridized carbons (Fsp3) is 0.211. The largest absolute Gasteiger partial charge is 0.355 e. The normalized spacial score (nSPS) is 17.4. The Bertz CT molecular complexity index is 2070. The number of H-pyrrole nitrogens is 2. The Morgan fingerprint density at radius 2 is 1.51 bits per heavy atom. The van der Waals surface area contributed by atoms with E-state index in [0.717, 1.165) is 67.9 Å². The van der Waals surface area contributed by atoms with Gasteiger partial charge in [0.1, 0.15) is 0 Å². The molecule has 2 aromatic heterocycles. The summed E-state index contributed by atoms with van der Waals surface area (Å²) in [5, 5.41) is 5.55. The summed E-state index contributed by atoms with van der Waals surface area (Å²) >= 11 is 0. The van der Waals surface area contributed by atoms with Crippen molar-refractivity contribution in [3.05, 3.63) is 139 Å². The van der Waals surface area contributed by atoms with Gasteiger partial charge in [-0.05, 0) is 86.4 Å². The molecule has 0 atom stereocenters. The van der Waals surface area contributed by atoms with Gasteiger partial charge in [-0.3, -0.25) is 9.79 Å². The molecule has 3 N–H and O–H groups in total. The van der Waals surface area contributed by atoms with E-state index >= 15 is 0 Å². The Labute approximate surface area is 252 Å². The number of aromatic nitrogens is 2. The number of nitrogens with one attached hydrogen (secondary N) is 3. The second-order valence-corrected chi connectivity index (χ2v) is 12.8. The smallest absolute Gasteiger partial charge is 0.204 e. The Morgan fingerprint density at radius 3 is 2.26 bits per heavy atom. The molecule has 8 bridgehead atoms. The van der Waals surface area contributed by atoms with Crippen LogP contribution >= 0.6 is 0 Å². The molecule has 0 amide bonds. The molecule has 5 nitrogen and oxygen atoms in total. The van der Waals surface area contributed by atoms with Crippen LogP contribution in [0.25, 0.3) is 23.3 Å². The summed E-state index contributed by atoms with van der Waals surface area (Å²) in [5.74, 6) is -0.0478. The van der Waals surface area contributed by atoms with Gasteiger partial charge < -0.3 is 15.3 Å². The monoisotopic (exact) mass is 564 g/mol. The lowest BCUT2D eigenvalue weighted by molar-refractivity contribution is -0.111. The topological polar surface area (TPSA) is 73.0 Å². The molecule has 5 heterocycles. The van der Waals surface area contributed by atoms with Crippen LogP contribution in [0.1, 0.15) is 65.0 Å². The third kappa shape index (κ3) is 4.75. The lowest BCUT2D eigenvalue weighted by atomic mass is 9.86. The number of aryl methyl sites for hydroxylation is 4. The highest BCUT2D eigenvalue weighted by atomic mass is 16.1. The first-order chi connectivity index (χ1) is 20.6. The van der Waals surface area contributed by atoms with Gasteiger partial charge in [0.15, 0.2) is 0 Å². The van der Waals surface area contributed by atoms with Crippen molar-refractivity contribution in [2.45, 2.75) is 48.0 Å². The molecular weight excluding hydrogens is 528 g/mol. The summed E-state index contributed by atoms with van der Waals surface area (Å²) in [7, 11) is 0. The quantitative estimate of drug-likeness (QED) is 0.268. The van der Waals surface area contributed by atoms with Crippen molar-refractivity contribution < 1.29 is 4.79 Å². The van der Waals surface area contributed by atoms with Crippen molar-refractivity contribution in [1.82, 2.24) is 15.3 Å². The van der Waals surface area contributed by atoms with Crippen LogP contribution in [0.5, 0.6) is 0 Å². The number of carbonyl (C=O) groups excluding carboxylic acids is 1. The molecule has 0 saturated heterocycles. The van der Waals surface area contributed by atoms with Crippen LogP contribution in [-0.2, 0) is 4.79 Å². The van der Waals surface area contributed by atoms with E-state index < -0.39 is 0 Å². The highest BCUT2D eigenvalue weighted by Gasteiger charge is 2.32. The van der Waals surface area contributed by atoms with E-state index in [1.165, 1.54) is 22.3 Å². The minimum absolute atomic E-state index is 0.0478. The van der Waals surface area contributed by atoms with Gasteiger partial charge in [-0.25, -0.2) is 0 Å². The average Bonchev–Trinajstić information content (AvgIpc) is 3.71. The lowest BCUT2D eigenvalue weighted by Gasteiger charge is -2.18. The van der Waals surface area contributed by atoms with Gasteiger partial charge in [0, 0.05) is 62.6 Å². The van der Waals surface area contributed by atoms with E-state index in [4.69, 9.17) is 4.99 Å². The Kier molecular flexibility index (Phi) is 6.17. The number of benzene rings is 2. The molecule has 0 fully saturated rings. The summed E-state index contributed by atoms with van der Waals surface area (Å²) in [6, 6.07) is 21.1. The van der Waals surface area contributed by atoms with Crippen LogP contribution in [0.2, 0.25) is 0 Å². The number of aliphatic imine (C=N–C) groups is 1. The molecule has 3 aliphatic rings. The maximum atomic E-state index is 14.0. The number of aromatic amines is 2. The van der Waals surface area contributed by atoms with E-state index in [1.54, 1.807) is 6.08 Å². The summed E-state index contributed by atoms with van der Waals surface area (Å²) in [5.41, 5.74) is 13.8. The van der Waals surface area contributed by atoms with Gasteiger partial charge in [0.05, 0.1) is 11.4 Å².